The molecule has 20 heavy (non-hydrogen) atoms. The van der Waals surface area contributed by atoms with Gasteiger partial charge in [0.05, 0.1) is 19.3 Å². The summed E-state index contributed by atoms with van der Waals surface area (Å²) in [7, 11) is 1.40. The van der Waals surface area contributed by atoms with E-state index in [4.69, 9.17) is 9.84 Å². The van der Waals surface area contributed by atoms with Crippen molar-refractivity contribution in [2.45, 2.75) is 25.5 Å². The molecule has 114 valence electrons. The quantitative estimate of drug-likeness (QED) is 0.653. The van der Waals surface area contributed by atoms with Crippen LogP contribution >= 0.6 is 0 Å². The predicted molar refractivity (Wildman–Crippen MR) is 68.3 cm³/mol. The van der Waals surface area contributed by atoms with Crippen molar-refractivity contribution >= 4 is 17.8 Å². The number of hydrogen-bond acceptors (Lipinski definition) is 5. The van der Waals surface area contributed by atoms with Crippen molar-refractivity contribution in [3.05, 3.63) is 0 Å². The van der Waals surface area contributed by atoms with E-state index in [-0.39, 0.29) is 0 Å². The second-order valence-electron chi connectivity index (χ2n) is 4.91. The van der Waals surface area contributed by atoms with E-state index < -0.39 is 29.4 Å². The monoisotopic (exact) mass is 288 g/mol. The maximum absolute atomic E-state index is 12.2. The number of ketones is 1. The lowest BCUT2D eigenvalue weighted by atomic mass is 9.95. The molecule has 2 atom stereocenters. The van der Waals surface area contributed by atoms with Crippen LogP contribution in [0.1, 0.15) is 13.8 Å². The van der Waals surface area contributed by atoms with Crippen LogP contribution in [0.15, 0.2) is 0 Å². The number of aliphatic hydroxyl groups is 1. The Balaban J connectivity index is 2.75. The van der Waals surface area contributed by atoms with Gasteiger partial charge in [-0.25, -0.2) is 9.59 Å². The van der Waals surface area contributed by atoms with Gasteiger partial charge in [0.1, 0.15) is 0 Å². The zero-order valence-corrected chi connectivity index (χ0v) is 11.8. The highest BCUT2D eigenvalue weighted by Crippen LogP contribution is 2.14. The van der Waals surface area contributed by atoms with Gasteiger partial charge in [0, 0.05) is 20.1 Å². The Bertz CT molecular complexity index is 403. The lowest BCUT2D eigenvalue weighted by Crippen LogP contribution is -2.56. The number of amides is 2. The van der Waals surface area contributed by atoms with Crippen LogP contribution in [0, 0.1) is 0 Å². The zero-order valence-electron chi connectivity index (χ0n) is 11.8. The number of rotatable bonds is 4. The van der Waals surface area contributed by atoms with Gasteiger partial charge in [0.15, 0.2) is 5.78 Å². The van der Waals surface area contributed by atoms with Crippen molar-refractivity contribution in [1.29, 1.82) is 0 Å². The fourth-order valence-electron chi connectivity index (χ4n) is 1.83. The smallest absolute Gasteiger partial charge is 0.343 e. The van der Waals surface area contributed by atoms with Gasteiger partial charge in [0.25, 0.3) is 0 Å². The highest BCUT2D eigenvalue weighted by Gasteiger charge is 2.43. The minimum Gasteiger partial charge on any atom is -0.479 e. The van der Waals surface area contributed by atoms with E-state index in [1.165, 1.54) is 18.9 Å². The largest absolute Gasteiger partial charge is 0.479 e. The molecule has 0 aliphatic carbocycles. The Morgan fingerprint density at radius 2 is 1.80 bits per heavy atom. The molecular formula is C12H20N2O6. The van der Waals surface area contributed by atoms with Crippen molar-refractivity contribution in [2.24, 2.45) is 0 Å². The first kappa shape index (κ1) is 16.4. The zero-order chi connectivity index (χ0) is 15.5. The molecule has 8 heteroatoms. The van der Waals surface area contributed by atoms with E-state index in [1.807, 2.05) is 0 Å². The average Bonchev–Trinajstić information content (AvgIpc) is 2.44. The van der Waals surface area contributed by atoms with E-state index in [0.29, 0.717) is 26.3 Å². The summed E-state index contributed by atoms with van der Waals surface area (Å²) in [5.74, 6) is -2.57. The van der Waals surface area contributed by atoms with E-state index in [2.05, 4.69) is 0 Å². The van der Waals surface area contributed by atoms with E-state index in [0.717, 1.165) is 11.8 Å². The van der Waals surface area contributed by atoms with Crippen LogP contribution in [-0.4, -0.2) is 82.8 Å². The summed E-state index contributed by atoms with van der Waals surface area (Å²) < 4.78 is 5.13. The lowest BCUT2D eigenvalue weighted by Gasteiger charge is -2.34. The number of carboxylic acid groups (broad SMARTS) is 1. The van der Waals surface area contributed by atoms with Gasteiger partial charge in [-0.3, -0.25) is 4.79 Å². The maximum Gasteiger partial charge on any atom is 0.343 e. The Morgan fingerprint density at radius 3 is 2.25 bits per heavy atom. The van der Waals surface area contributed by atoms with Crippen molar-refractivity contribution in [3.8, 4) is 0 Å². The van der Waals surface area contributed by atoms with Gasteiger partial charge in [-0.2, -0.15) is 0 Å². The maximum atomic E-state index is 12.2. The number of aliphatic carboxylic acids is 1. The number of Topliss-reactive ketones (excluding diaryl/α,β-unsaturated/α-hetero) is 1. The summed E-state index contributed by atoms with van der Waals surface area (Å²) in [5, 5.41) is 18.5. The van der Waals surface area contributed by atoms with Gasteiger partial charge in [-0.05, 0) is 13.8 Å². The summed E-state index contributed by atoms with van der Waals surface area (Å²) in [5.41, 5.74) is -2.51. The highest BCUT2D eigenvalue weighted by atomic mass is 16.5. The van der Waals surface area contributed by atoms with Crippen molar-refractivity contribution < 1.29 is 29.3 Å². The summed E-state index contributed by atoms with van der Waals surface area (Å²) in [6.07, 6.45) is 0. The number of ether oxygens (including phenoxy) is 1. The summed E-state index contributed by atoms with van der Waals surface area (Å²) in [4.78, 5) is 37.6. The normalized spacial score (nSPS) is 19.9. The van der Waals surface area contributed by atoms with Gasteiger partial charge in [-0.1, -0.05) is 0 Å². The number of nitrogens with zero attached hydrogens (tertiary/aromatic N) is 2. The lowest BCUT2D eigenvalue weighted by molar-refractivity contribution is -0.164. The minimum atomic E-state index is -2.51. The van der Waals surface area contributed by atoms with Gasteiger partial charge in [0.2, 0.25) is 5.60 Å². The van der Waals surface area contributed by atoms with Crippen LogP contribution in [0.4, 0.5) is 4.79 Å². The fraction of sp³-hybridized carbons (Fsp3) is 0.750. The highest BCUT2D eigenvalue weighted by molar-refractivity contribution is 6.08. The molecule has 0 spiro atoms. The first-order chi connectivity index (χ1) is 9.19. The first-order valence-electron chi connectivity index (χ1n) is 6.29. The second-order valence-corrected chi connectivity index (χ2v) is 4.91. The number of morpholine rings is 1. The molecule has 8 nitrogen and oxygen atoms in total. The second kappa shape index (κ2) is 6.19. The molecule has 1 saturated heterocycles. The third kappa shape index (κ3) is 3.26. The standard InChI is InChI=1S/C12H20N2O6/c1-8(9(15)12(2,19)10(16)17)13(3)11(18)14-4-6-20-7-5-14/h8,19H,4-7H2,1-3H3,(H,16,17)/t8-,12?/m0/s1. The summed E-state index contributed by atoms with van der Waals surface area (Å²) in [6, 6.07) is -1.44. The molecule has 1 fully saturated rings. The van der Waals surface area contributed by atoms with Crippen LogP contribution in [0.25, 0.3) is 0 Å². The number of likely N-dealkylation sites (N-methyl/N-ethyl adjacent to an activating group) is 1. The molecule has 0 radical (unpaired) electrons. The van der Waals surface area contributed by atoms with Crippen LogP contribution in [-0.2, 0) is 14.3 Å². The minimum absolute atomic E-state index is 0.393. The summed E-state index contributed by atoms with van der Waals surface area (Å²) >= 11 is 0. The van der Waals surface area contributed by atoms with Gasteiger partial charge >= 0.3 is 12.0 Å². The Morgan fingerprint density at radius 1 is 1.30 bits per heavy atom. The van der Waals surface area contributed by atoms with E-state index >= 15 is 0 Å². The molecular weight excluding hydrogens is 268 g/mol. The molecule has 1 unspecified atom stereocenters. The Kier molecular flexibility index (Phi) is 5.07. The number of carboxylic acids is 1. The molecule has 2 N–H and O–H groups in total. The van der Waals surface area contributed by atoms with Crippen molar-refractivity contribution in [2.75, 3.05) is 33.4 Å². The topological polar surface area (TPSA) is 107 Å². The molecule has 0 bridgehead atoms. The van der Waals surface area contributed by atoms with Crippen LogP contribution in [0.2, 0.25) is 0 Å². The number of carbonyl (C=O) groups is 3. The number of urea groups is 1. The molecule has 0 aromatic carbocycles. The molecule has 1 heterocycles. The molecule has 1 aliphatic heterocycles. The fourth-order valence-corrected chi connectivity index (χ4v) is 1.83. The van der Waals surface area contributed by atoms with Crippen LogP contribution in [0.5, 0.6) is 0 Å². The Hall–Kier alpha value is -1.67. The number of carbonyl (C=O) groups excluding carboxylic acids is 2. The van der Waals surface area contributed by atoms with Gasteiger partial charge in [-0.15, -0.1) is 0 Å². The van der Waals surface area contributed by atoms with E-state index in [9.17, 15) is 19.5 Å². The molecule has 0 aromatic heterocycles. The molecule has 1 rings (SSSR count). The SMILES string of the molecule is C[C@@H](C(=O)C(C)(O)C(=O)O)N(C)C(=O)N1CCOCC1. The molecule has 0 saturated carbocycles. The third-order valence-corrected chi connectivity index (χ3v) is 3.44. The van der Waals surface area contributed by atoms with Gasteiger partial charge < -0.3 is 24.7 Å². The van der Waals surface area contributed by atoms with Crippen molar-refractivity contribution in [3.63, 3.8) is 0 Å². The van der Waals surface area contributed by atoms with E-state index in [1.54, 1.807) is 0 Å². The van der Waals surface area contributed by atoms with Crippen molar-refractivity contribution in [1.82, 2.24) is 9.80 Å². The van der Waals surface area contributed by atoms with Crippen LogP contribution < -0.4 is 0 Å². The third-order valence-electron chi connectivity index (χ3n) is 3.44. The molecule has 1 aliphatic rings. The first-order valence-corrected chi connectivity index (χ1v) is 6.29. The molecule has 0 aromatic rings. The number of hydrogen-bond donors (Lipinski definition) is 2. The Labute approximate surface area is 116 Å². The molecule has 2 amide bonds. The predicted octanol–water partition coefficient (Wildman–Crippen LogP) is -0.836. The summed E-state index contributed by atoms with van der Waals surface area (Å²) in [6.45, 7) is 3.97. The van der Waals surface area contributed by atoms with Crippen LogP contribution in [0.3, 0.4) is 0 Å². The average molecular weight is 288 g/mol.